The van der Waals surface area contributed by atoms with Crippen molar-refractivity contribution in [3.05, 3.63) is 39.0 Å². The molecule has 2 aromatic rings. The number of fused-ring (bicyclic) bond motifs is 1. The van der Waals surface area contributed by atoms with Crippen LogP contribution in [0.1, 0.15) is 20.3 Å². The first kappa shape index (κ1) is 20.5. The van der Waals surface area contributed by atoms with Crippen molar-refractivity contribution >= 4 is 44.1 Å². The first-order valence-corrected chi connectivity index (χ1v) is 10.1. The molecule has 9 heteroatoms. The summed E-state index contributed by atoms with van der Waals surface area (Å²) in [7, 11) is 0. The van der Waals surface area contributed by atoms with Gasteiger partial charge in [-0.1, -0.05) is 15.9 Å². The van der Waals surface area contributed by atoms with Crippen LogP contribution in [0.15, 0.2) is 28.9 Å². The number of carbonyl (C=O) groups excluding carboxylic acids is 1. The standard InChI is InChI=1S/C19H24BrN5O3/c1-13(2)22-18(26)12-23-6-3-7-24(9-8-23)19-15-10-14(20)4-5-16(15)21-11-17(19)25(27)28/h4-5,10-11,13H,3,6-9,12H2,1-2H3,(H,22,26). The average Bonchev–Trinajstić information content (AvgIpc) is 2.85. The Kier molecular flexibility index (Phi) is 6.46. The molecule has 2 heterocycles. The number of rotatable bonds is 5. The fourth-order valence-corrected chi connectivity index (χ4v) is 3.89. The fourth-order valence-electron chi connectivity index (χ4n) is 3.53. The van der Waals surface area contributed by atoms with Gasteiger partial charge in [0.15, 0.2) is 0 Å². The lowest BCUT2D eigenvalue weighted by molar-refractivity contribution is -0.384. The molecule has 1 aliphatic heterocycles. The second kappa shape index (κ2) is 8.83. The van der Waals surface area contributed by atoms with Crippen molar-refractivity contribution < 1.29 is 9.72 Å². The third-order valence-electron chi connectivity index (χ3n) is 4.70. The summed E-state index contributed by atoms with van der Waals surface area (Å²) in [4.78, 5) is 31.8. The van der Waals surface area contributed by atoms with Crippen molar-refractivity contribution in [2.45, 2.75) is 26.3 Å². The second-order valence-corrected chi connectivity index (χ2v) is 8.17. The Morgan fingerprint density at radius 1 is 1.32 bits per heavy atom. The van der Waals surface area contributed by atoms with Crippen LogP contribution in [-0.2, 0) is 4.79 Å². The Morgan fingerprint density at radius 2 is 2.11 bits per heavy atom. The summed E-state index contributed by atoms with van der Waals surface area (Å²) < 4.78 is 0.852. The Labute approximate surface area is 172 Å². The Hall–Kier alpha value is -2.26. The molecule has 0 bridgehead atoms. The average molecular weight is 450 g/mol. The zero-order chi connectivity index (χ0) is 20.3. The zero-order valence-corrected chi connectivity index (χ0v) is 17.6. The molecule has 1 N–H and O–H groups in total. The predicted octanol–water partition coefficient (Wildman–Crippen LogP) is 2.94. The number of anilines is 1. The summed E-state index contributed by atoms with van der Waals surface area (Å²) in [6, 6.07) is 5.72. The lowest BCUT2D eigenvalue weighted by Gasteiger charge is -2.24. The van der Waals surface area contributed by atoms with Gasteiger partial charge in [-0.25, -0.2) is 4.98 Å². The maximum atomic E-state index is 12.1. The molecule has 0 radical (unpaired) electrons. The van der Waals surface area contributed by atoms with Gasteiger partial charge < -0.3 is 10.2 Å². The lowest BCUT2D eigenvalue weighted by atomic mass is 10.1. The Balaban J connectivity index is 1.86. The van der Waals surface area contributed by atoms with Crippen LogP contribution in [0.25, 0.3) is 10.9 Å². The molecule has 3 rings (SSSR count). The van der Waals surface area contributed by atoms with E-state index in [4.69, 9.17) is 0 Å². The minimum absolute atomic E-state index is 0.00715. The summed E-state index contributed by atoms with van der Waals surface area (Å²) in [5.74, 6) is 0.00715. The van der Waals surface area contributed by atoms with Crippen molar-refractivity contribution in [3.63, 3.8) is 0 Å². The summed E-state index contributed by atoms with van der Waals surface area (Å²) in [5.41, 5.74) is 1.34. The number of hydrogen-bond donors (Lipinski definition) is 1. The largest absolute Gasteiger partial charge is 0.364 e. The third-order valence-corrected chi connectivity index (χ3v) is 5.19. The normalized spacial score (nSPS) is 15.6. The molecule has 1 amide bonds. The number of pyridine rings is 1. The molecule has 0 saturated carbocycles. The molecule has 1 saturated heterocycles. The van der Waals surface area contributed by atoms with Crippen LogP contribution in [0.3, 0.4) is 0 Å². The van der Waals surface area contributed by atoms with Gasteiger partial charge in [-0.3, -0.25) is 19.8 Å². The number of hydrogen-bond acceptors (Lipinski definition) is 6. The van der Waals surface area contributed by atoms with Gasteiger partial charge in [0.2, 0.25) is 5.91 Å². The number of benzene rings is 1. The summed E-state index contributed by atoms with van der Waals surface area (Å²) in [5, 5.41) is 15.3. The summed E-state index contributed by atoms with van der Waals surface area (Å²) in [6.45, 7) is 6.97. The highest BCUT2D eigenvalue weighted by Crippen LogP contribution is 2.36. The van der Waals surface area contributed by atoms with Crippen LogP contribution in [-0.4, -0.2) is 59.5 Å². The van der Waals surface area contributed by atoms with E-state index in [-0.39, 0.29) is 22.6 Å². The molecule has 8 nitrogen and oxygen atoms in total. The molecule has 0 unspecified atom stereocenters. The number of carbonyl (C=O) groups is 1. The molecule has 150 valence electrons. The van der Waals surface area contributed by atoms with Gasteiger partial charge in [0.1, 0.15) is 11.9 Å². The molecular weight excluding hydrogens is 426 g/mol. The zero-order valence-electron chi connectivity index (χ0n) is 16.0. The number of amides is 1. The highest BCUT2D eigenvalue weighted by molar-refractivity contribution is 9.10. The van der Waals surface area contributed by atoms with E-state index < -0.39 is 0 Å². The van der Waals surface area contributed by atoms with E-state index in [0.717, 1.165) is 28.3 Å². The highest BCUT2D eigenvalue weighted by Gasteiger charge is 2.26. The molecule has 28 heavy (non-hydrogen) atoms. The third kappa shape index (κ3) is 4.77. The number of nitrogens with one attached hydrogen (secondary N) is 1. The van der Waals surface area contributed by atoms with E-state index in [1.165, 1.54) is 6.20 Å². The van der Waals surface area contributed by atoms with Gasteiger partial charge in [0, 0.05) is 42.1 Å². The van der Waals surface area contributed by atoms with Crippen LogP contribution in [0, 0.1) is 10.1 Å². The lowest BCUT2D eigenvalue weighted by Crippen LogP contribution is -2.41. The number of halogens is 1. The van der Waals surface area contributed by atoms with Crippen molar-refractivity contribution in [1.82, 2.24) is 15.2 Å². The van der Waals surface area contributed by atoms with Gasteiger partial charge in [0.05, 0.1) is 17.0 Å². The second-order valence-electron chi connectivity index (χ2n) is 7.25. The first-order chi connectivity index (χ1) is 13.3. The summed E-state index contributed by atoms with van der Waals surface area (Å²) >= 11 is 3.46. The monoisotopic (exact) mass is 449 g/mol. The maximum Gasteiger partial charge on any atom is 0.311 e. The van der Waals surface area contributed by atoms with Gasteiger partial charge in [-0.05, 0) is 38.5 Å². The highest BCUT2D eigenvalue weighted by atomic mass is 79.9. The molecule has 1 aromatic heterocycles. The van der Waals surface area contributed by atoms with Gasteiger partial charge in [-0.15, -0.1) is 0 Å². The topological polar surface area (TPSA) is 91.6 Å². The number of aromatic nitrogens is 1. The van der Waals surface area contributed by atoms with E-state index in [2.05, 4.69) is 36.0 Å². The van der Waals surface area contributed by atoms with E-state index in [1.807, 2.05) is 32.0 Å². The van der Waals surface area contributed by atoms with Gasteiger partial charge in [0.25, 0.3) is 0 Å². The quantitative estimate of drug-likeness (QED) is 0.557. The minimum Gasteiger partial charge on any atom is -0.364 e. The van der Waals surface area contributed by atoms with E-state index >= 15 is 0 Å². The molecular formula is C19H24BrN5O3. The summed E-state index contributed by atoms with van der Waals surface area (Å²) in [6.07, 6.45) is 2.16. The minimum atomic E-state index is -0.374. The van der Waals surface area contributed by atoms with Crippen LogP contribution < -0.4 is 10.2 Å². The SMILES string of the molecule is CC(C)NC(=O)CN1CCCN(c2c([N+](=O)[O-])cnc3ccc(Br)cc23)CC1. The van der Waals surface area contributed by atoms with Crippen LogP contribution in [0.5, 0.6) is 0 Å². The van der Waals surface area contributed by atoms with Crippen molar-refractivity contribution in [2.75, 3.05) is 37.6 Å². The van der Waals surface area contributed by atoms with Gasteiger partial charge in [-0.2, -0.15) is 0 Å². The molecule has 1 aromatic carbocycles. The predicted molar refractivity (Wildman–Crippen MR) is 113 cm³/mol. The van der Waals surface area contributed by atoms with Gasteiger partial charge >= 0.3 is 5.69 Å². The fraction of sp³-hybridized carbons (Fsp3) is 0.474. The van der Waals surface area contributed by atoms with Crippen molar-refractivity contribution in [1.29, 1.82) is 0 Å². The van der Waals surface area contributed by atoms with Crippen LogP contribution >= 0.6 is 15.9 Å². The first-order valence-electron chi connectivity index (χ1n) is 9.34. The van der Waals surface area contributed by atoms with Crippen molar-refractivity contribution in [3.8, 4) is 0 Å². The molecule has 0 atom stereocenters. The van der Waals surface area contributed by atoms with Crippen LogP contribution in [0.2, 0.25) is 0 Å². The molecule has 1 fully saturated rings. The number of nitrogens with zero attached hydrogens (tertiary/aromatic N) is 4. The smallest absolute Gasteiger partial charge is 0.311 e. The molecule has 1 aliphatic rings. The molecule has 0 spiro atoms. The Bertz CT molecular complexity index is 889. The maximum absolute atomic E-state index is 12.1. The molecule has 0 aliphatic carbocycles. The Morgan fingerprint density at radius 3 is 2.82 bits per heavy atom. The van der Waals surface area contributed by atoms with Crippen LogP contribution in [0.4, 0.5) is 11.4 Å². The van der Waals surface area contributed by atoms with E-state index in [0.29, 0.717) is 31.9 Å². The number of nitro groups is 1. The van der Waals surface area contributed by atoms with E-state index in [9.17, 15) is 14.9 Å². The van der Waals surface area contributed by atoms with Crippen molar-refractivity contribution in [2.24, 2.45) is 0 Å². The van der Waals surface area contributed by atoms with E-state index in [1.54, 1.807) is 0 Å².